The Balaban J connectivity index is 1.51. The number of carbonyl (C=O) groups excluding carboxylic acids is 1. The first-order valence-corrected chi connectivity index (χ1v) is 10.2. The highest BCUT2D eigenvalue weighted by Gasteiger charge is 2.20. The summed E-state index contributed by atoms with van der Waals surface area (Å²) in [5.74, 6) is 0.490. The monoisotopic (exact) mass is 442 g/mol. The van der Waals surface area contributed by atoms with E-state index in [1.54, 1.807) is 6.92 Å². The van der Waals surface area contributed by atoms with Gasteiger partial charge in [0.2, 0.25) is 5.91 Å². The quantitative estimate of drug-likeness (QED) is 0.377. The van der Waals surface area contributed by atoms with Crippen LogP contribution in [0, 0.1) is 10.1 Å². The maximum Gasteiger partial charge on any atom is 0.271 e. The number of carbonyl (C=O) groups is 1. The molecule has 0 bridgehead atoms. The van der Waals surface area contributed by atoms with Crippen LogP contribution in [0.5, 0.6) is 0 Å². The number of nitrogens with one attached hydrogen (secondary N) is 1. The van der Waals surface area contributed by atoms with E-state index in [0.29, 0.717) is 13.0 Å². The lowest BCUT2D eigenvalue weighted by atomic mass is 10.1. The molecule has 1 unspecified atom stereocenters. The average molecular weight is 443 g/mol. The van der Waals surface area contributed by atoms with Crippen molar-refractivity contribution in [2.75, 3.05) is 18.9 Å². The van der Waals surface area contributed by atoms with E-state index in [0.717, 1.165) is 23.4 Å². The second-order valence-corrected chi connectivity index (χ2v) is 7.62. The van der Waals surface area contributed by atoms with Gasteiger partial charge in [-0.1, -0.05) is 47.1 Å². The second-order valence-electron chi connectivity index (χ2n) is 7.22. The van der Waals surface area contributed by atoms with Crippen molar-refractivity contribution in [2.24, 2.45) is 0 Å². The molecule has 8 nitrogen and oxygen atoms in total. The normalized spacial score (nSPS) is 12.0. The average Bonchev–Trinajstić information content (AvgIpc) is 3.24. The van der Waals surface area contributed by atoms with Crippen LogP contribution in [0.1, 0.15) is 19.1 Å². The van der Waals surface area contributed by atoms with Crippen LogP contribution >= 0.6 is 11.6 Å². The van der Waals surface area contributed by atoms with Crippen molar-refractivity contribution in [3.8, 4) is 11.3 Å². The summed E-state index contributed by atoms with van der Waals surface area (Å²) in [6, 6.07) is 15.2. The molecule has 0 aliphatic carbocycles. The number of non-ortho nitro benzene ring substituents is 1. The molecular weight excluding hydrogens is 420 g/mol. The summed E-state index contributed by atoms with van der Waals surface area (Å²) >= 11 is 6.06. The number of halogens is 1. The molecule has 3 aromatic rings. The fraction of sp³-hybridized carbons (Fsp3) is 0.273. The highest BCUT2D eigenvalue weighted by atomic mass is 35.5. The number of hydrogen-bond acceptors (Lipinski definition) is 6. The third-order valence-corrected chi connectivity index (χ3v) is 5.35. The molecule has 2 aromatic carbocycles. The van der Waals surface area contributed by atoms with Crippen molar-refractivity contribution in [1.29, 1.82) is 0 Å². The van der Waals surface area contributed by atoms with E-state index in [2.05, 4.69) is 10.5 Å². The molecule has 1 heterocycles. The number of aryl methyl sites for hydroxylation is 1. The van der Waals surface area contributed by atoms with E-state index in [9.17, 15) is 14.9 Å². The number of benzene rings is 2. The van der Waals surface area contributed by atoms with Crippen molar-refractivity contribution >= 4 is 28.9 Å². The number of likely N-dealkylation sites (N-methyl/N-ethyl adjacent to an activating group) is 1. The van der Waals surface area contributed by atoms with Gasteiger partial charge in [-0.3, -0.25) is 19.8 Å². The highest BCUT2D eigenvalue weighted by Crippen LogP contribution is 2.27. The molecule has 3 rings (SSSR count). The summed E-state index contributed by atoms with van der Waals surface area (Å²) in [6.45, 7) is 2.42. The number of nitro benzene ring substituents is 1. The van der Waals surface area contributed by atoms with Crippen LogP contribution in [0.2, 0.25) is 5.02 Å². The minimum absolute atomic E-state index is 0.136. The Hall–Kier alpha value is -3.23. The number of rotatable bonds is 9. The topological polar surface area (TPSA) is 102 Å². The predicted molar refractivity (Wildman–Crippen MR) is 119 cm³/mol. The van der Waals surface area contributed by atoms with Crippen LogP contribution in [0.4, 0.5) is 11.4 Å². The molecule has 0 saturated carbocycles. The number of nitro groups is 1. The van der Waals surface area contributed by atoms with Crippen LogP contribution < -0.4 is 5.32 Å². The molecule has 0 radical (unpaired) electrons. The Kier molecular flexibility index (Phi) is 7.38. The van der Waals surface area contributed by atoms with Crippen LogP contribution in [0.25, 0.3) is 11.3 Å². The Morgan fingerprint density at radius 2 is 2.00 bits per heavy atom. The molecule has 31 heavy (non-hydrogen) atoms. The molecule has 162 valence electrons. The molecule has 0 aliphatic rings. The summed E-state index contributed by atoms with van der Waals surface area (Å²) in [5, 5.41) is 18.0. The van der Waals surface area contributed by atoms with Gasteiger partial charge in [0.05, 0.1) is 21.7 Å². The number of hydrogen-bond donors (Lipinski definition) is 1. The van der Waals surface area contributed by atoms with E-state index < -0.39 is 11.0 Å². The molecule has 0 fully saturated rings. The van der Waals surface area contributed by atoms with E-state index in [-0.39, 0.29) is 22.3 Å². The molecule has 0 saturated heterocycles. The lowest BCUT2D eigenvalue weighted by molar-refractivity contribution is -0.384. The highest BCUT2D eigenvalue weighted by molar-refractivity contribution is 6.33. The number of anilines is 1. The molecule has 1 aromatic heterocycles. The van der Waals surface area contributed by atoms with Crippen LogP contribution in [0.3, 0.4) is 0 Å². The minimum atomic E-state index is -0.533. The molecule has 0 aliphatic heterocycles. The summed E-state index contributed by atoms with van der Waals surface area (Å²) < 4.78 is 5.41. The number of aromatic nitrogens is 1. The van der Waals surface area contributed by atoms with E-state index in [1.165, 1.54) is 18.2 Å². The third-order valence-electron chi connectivity index (χ3n) is 5.02. The summed E-state index contributed by atoms with van der Waals surface area (Å²) in [5.41, 5.74) is 1.88. The zero-order valence-corrected chi connectivity index (χ0v) is 18.0. The van der Waals surface area contributed by atoms with Gasteiger partial charge in [-0.05, 0) is 33.0 Å². The van der Waals surface area contributed by atoms with Crippen molar-refractivity contribution in [1.82, 2.24) is 10.1 Å². The standard InChI is InChI=1S/C22H23ClN4O4/c1-15(22(28)24-21-13-17(27(29)30)10-11-19(21)23)26(2)12-6-9-18-14-20(25-31-18)16-7-4-3-5-8-16/h3-5,7-8,10-11,13-15H,6,9,12H2,1-2H3,(H,24,28). The summed E-state index contributed by atoms with van der Waals surface area (Å²) in [6.07, 6.45) is 1.46. The molecule has 9 heteroatoms. The van der Waals surface area contributed by atoms with Gasteiger partial charge in [0, 0.05) is 30.2 Å². The molecule has 1 N–H and O–H groups in total. The summed E-state index contributed by atoms with van der Waals surface area (Å²) in [4.78, 5) is 24.9. The van der Waals surface area contributed by atoms with Crippen LogP contribution in [-0.2, 0) is 11.2 Å². The molecular formula is C22H23ClN4O4. The first kappa shape index (κ1) is 22.5. The van der Waals surface area contributed by atoms with Crippen LogP contribution in [0.15, 0.2) is 59.1 Å². The molecule has 1 atom stereocenters. The third kappa shape index (κ3) is 5.90. The Labute approximate surface area is 184 Å². The fourth-order valence-corrected chi connectivity index (χ4v) is 3.20. The first-order valence-electron chi connectivity index (χ1n) is 9.81. The zero-order valence-electron chi connectivity index (χ0n) is 17.2. The molecule has 1 amide bonds. The lowest BCUT2D eigenvalue weighted by Crippen LogP contribution is -2.40. The van der Waals surface area contributed by atoms with Gasteiger partial charge < -0.3 is 9.84 Å². The van der Waals surface area contributed by atoms with E-state index >= 15 is 0 Å². The minimum Gasteiger partial charge on any atom is -0.361 e. The molecule has 0 spiro atoms. The van der Waals surface area contributed by atoms with E-state index in [4.69, 9.17) is 16.1 Å². The Morgan fingerprint density at radius 1 is 1.26 bits per heavy atom. The lowest BCUT2D eigenvalue weighted by Gasteiger charge is -2.23. The Bertz CT molecular complexity index is 1050. The van der Waals surface area contributed by atoms with Crippen LogP contribution in [-0.4, -0.2) is 40.5 Å². The maximum absolute atomic E-state index is 12.6. The van der Waals surface area contributed by atoms with Gasteiger partial charge in [0.25, 0.3) is 5.69 Å². The smallest absolute Gasteiger partial charge is 0.271 e. The van der Waals surface area contributed by atoms with Crippen molar-refractivity contribution in [2.45, 2.75) is 25.8 Å². The SMILES string of the molecule is CC(C(=O)Nc1cc([N+](=O)[O-])ccc1Cl)N(C)CCCc1cc(-c2ccccc2)no1. The second kappa shape index (κ2) is 10.2. The van der Waals surface area contributed by atoms with Gasteiger partial charge >= 0.3 is 0 Å². The largest absolute Gasteiger partial charge is 0.361 e. The Morgan fingerprint density at radius 3 is 2.71 bits per heavy atom. The fourth-order valence-electron chi connectivity index (χ4n) is 3.03. The predicted octanol–water partition coefficient (Wildman–Crippen LogP) is 4.79. The van der Waals surface area contributed by atoms with Gasteiger partial charge in [-0.25, -0.2) is 0 Å². The first-order chi connectivity index (χ1) is 14.8. The zero-order chi connectivity index (χ0) is 22.4. The van der Waals surface area contributed by atoms with Gasteiger partial charge in [-0.2, -0.15) is 0 Å². The van der Waals surface area contributed by atoms with Gasteiger partial charge in [0.1, 0.15) is 11.5 Å². The van der Waals surface area contributed by atoms with Gasteiger partial charge in [-0.15, -0.1) is 0 Å². The van der Waals surface area contributed by atoms with Crippen molar-refractivity contribution in [3.63, 3.8) is 0 Å². The number of amides is 1. The summed E-state index contributed by atoms with van der Waals surface area (Å²) in [7, 11) is 1.84. The number of nitrogens with zero attached hydrogens (tertiary/aromatic N) is 3. The van der Waals surface area contributed by atoms with Crippen molar-refractivity contribution in [3.05, 3.63) is 75.5 Å². The van der Waals surface area contributed by atoms with Crippen molar-refractivity contribution < 1.29 is 14.2 Å². The van der Waals surface area contributed by atoms with Gasteiger partial charge in [0.15, 0.2) is 0 Å². The maximum atomic E-state index is 12.6. The van der Waals surface area contributed by atoms with E-state index in [1.807, 2.05) is 48.3 Å².